The first-order valence-corrected chi connectivity index (χ1v) is 7.23. The molecule has 1 aromatic heterocycles. The van der Waals surface area contributed by atoms with Crippen LogP contribution in [-0.4, -0.2) is 29.5 Å². The molecule has 0 unspecified atom stereocenters. The Hall–Kier alpha value is -1.09. The molecule has 0 saturated heterocycles. The number of nitrogens with one attached hydrogen (secondary N) is 1. The van der Waals surface area contributed by atoms with Gasteiger partial charge >= 0.3 is 0 Å². The van der Waals surface area contributed by atoms with Gasteiger partial charge in [0.1, 0.15) is 5.82 Å². The first-order valence-electron chi connectivity index (χ1n) is 7.23. The topological polar surface area (TPSA) is 28.2 Å². The number of hydrogen-bond donors (Lipinski definition) is 1. The summed E-state index contributed by atoms with van der Waals surface area (Å²) in [6, 6.07) is 4.29. The van der Waals surface area contributed by atoms with E-state index >= 15 is 0 Å². The van der Waals surface area contributed by atoms with Gasteiger partial charge in [0, 0.05) is 25.8 Å². The lowest BCUT2D eigenvalue weighted by Crippen LogP contribution is -2.25. The summed E-state index contributed by atoms with van der Waals surface area (Å²) in [4.78, 5) is 6.98. The van der Waals surface area contributed by atoms with Gasteiger partial charge in [-0.25, -0.2) is 4.98 Å². The van der Waals surface area contributed by atoms with Crippen LogP contribution in [0, 0.1) is 5.92 Å². The quantitative estimate of drug-likeness (QED) is 0.765. The standard InChI is InChI=1S/C15H25N3/c1-3-9-16-15-8-7-14(10-17-15)12-18(4-2)11-13-5-6-13/h7-8,10,13H,3-6,9,11-12H2,1-2H3,(H,16,17). The Morgan fingerprint density at radius 2 is 2.17 bits per heavy atom. The summed E-state index contributed by atoms with van der Waals surface area (Å²) in [5.74, 6) is 1.95. The zero-order valence-corrected chi connectivity index (χ0v) is 11.7. The van der Waals surface area contributed by atoms with E-state index in [-0.39, 0.29) is 0 Å². The van der Waals surface area contributed by atoms with Crippen LogP contribution in [0.4, 0.5) is 5.82 Å². The summed E-state index contributed by atoms with van der Waals surface area (Å²) in [5.41, 5.74) is 1.32. The van der Waals surface area contributed by atoms with Crippen LogP contribution in [0.1, 0.15) is 38.7 Å². The molecular weight excluding hydrogens is 222 g/mol. The van der Waals surface area contributed by atoms with Crippen molar-refractivity contribution >= 4 is 5.82 Å². The largest absolute Gasteiger partial charge is 0.370 e. The van der Waals surface area contributed by atoms with Crippen LogP contribution in [0.25, 0.3) is 0 Å². The van der Waals surface area contributed by atoms with E-state index in [9.17, 15) is 0 Å². The fourth-order valence-corrected chi connectivity index (χ4v) is 2.10. The third-order valence-electron chi connectivity index (χ3n) is 3.45. The average molecular weight is 247 g/mol. The Morgan fingerprint density at radius 3 is 2.72 bits per heavy atom. The smallest absolute Gasteiger partial charge is 0.125 e. The molecule has 3 heteroatoms. The molecule has 18 heavy (non-hydrogen) atoms. The molecule has 1 aliphatic carbocycles. The van der Waals surface area contributed by atoms with E-state index in [4.69, 9.17) is 0 Å². The van der Waals surface area contributed by atoms with Gasteiger partial charge in [0.15, 0.2) is 0 Å². The van der Waals surface area contributed by atoms with E-state index in [1.807, 2.05) is 6.20 Å². The van der Waals surface area contributed by atoms with Gasteiger partial charge in [0.2, 0.25) is 0 Å². The molecule has 1 saturated carbocycles. The number of hydrogen-bond acceptors (Lipinski definition) is 3. The van der Waals surface area contributed by atoms with Crippen LogP contribution in [0.5, 0.6) is 0 Å². The Morgan fingerprint density at radius 1 is 1.33 bits per heavy atom. The number of aromatic nitrogens is 1. The lowest BCUT2D eigenvalue weighted by Gasteiger charge is -2.20. The molecule has 1 heterocycles. The fraction of sp³-hybridized carbons (Fsp3) is 0.667. The number of nitrogens with zero attached hydrogens (tertiary/aromatic N) is 2. The minimum absolute atomic E-state index is 0.961. The molecule has 0 radical (unpaired) electrons. The third-order valence-corrected chi connectivity index (χ3v) is 3.45. The molecule has 100 valence electrons. The van der Waals surface area contributed by atoms with Gasteiger partial charge in [-0.3, -0.25) is 4.90 Å². The summed E-state index contributed by atoms with van der Waals surface area (Å²) in [5, 5.41) is 3.31. The van der Waals surface area contributed by atoms with Crippen molar-refractivity contribution in [1.29, 1.82) is 0 Å². The Labute approximate surface area is 111 Å². The van der Waals surface area contributed by atoms with Crippen molar-refractivity contribution in [3.05, 3.63) is 23.9 Å². The first-order chi connectivity index (χ1) is 8.81. The molecule has 0 aliphatic heterocycles. The lowest BCUT2D eigenvalue weighted by atomic mass is 10.2. The van der Waals surface area contributed by atoms with Crippen LogP contribution in [0.15, 0.2) is 18.3 Å². The molecule has 0 spiro atoms. The van der Waals surface area contributed by atoms with Crippen molar-refractivity contribution in [2.24, 2.45) is 5.92 Å². The van der Waals surface area contributed by atoms with Crippen molar-refractivity contribution in [1.82, 2.24) is 9.88 Å². The minimum atomic E-state index is 0.961. The third kappa shape index (κ3) is 4.30. The first kappa shape index (κ1) is 13.3. The van der Waals surface area contributed by atoms with Gasteiger partial charge in [-0.05, 0) is 43.4 Å². The zero-order valence-electron chi connectivity index (χ0n) is 11.7. The Kier molecular flexibility index (Phi) is 5.00. The highest BCUT2D eigenvalue weighted by Crippen LogP contribution is 2.30. The summed E-state index contributed by atoms with van der Waals surface area (Å²) < 4.78 is 0. The molecule has 0 aromatic carbocycles. The molecule has 1 aliphatic rings. The predicted molar refractivity (Wildman–Crippen MR) is 76.7 cm³/mol. The van der Waals surface area contributed by atoms with Crippen LogP contribution < -0.4 is 5.32 Å². The van der Waals surface area contributed by atoms with Gasteiger partial charge in [-0.15, -0.1) is 0 Å². The second-order valence-corrected chi connectivity index (χ2v) is 5.25. The highest BCUT2D eigenvalue weighted by atomic mass is 15.1. The zero-order chi connectivity index (χ0) is 12.8. The highest BCUT2D eigenvalue weighted by Gasteiger charge is 2.23. The molecule has 1 N–H and O–H groups in total. The summed E-state index contributed by atoms with van der Waals surface area (Å²) in [6.07, 6.45) is 5.99. The van der Waals surface area contributed by atoms with Crippen molar-refractivity contribution < 1.29 is 0 Å². The van der Waals surface area contributed by atoms with E-state index in [1.165, 1.54) is 24.9 Å². The van der Waals surface area contributed by atoms with Crippen molar-refractivity contribution in [3.8, 4) is 0 Å². The maximum absolute atomic E-state index is 4.46. The average Bonchev–Trinajstić information content (AvgIpc) is 3.21. The molecule has 1 aromatic rings. The Bertz CT molecular complexity index is 343. The molecule has 0 bridgehead atoms. The maximum atomic E-state index is 4.46. The van der Waals surface area contributed by atoms with Crippen molar-refractivity contribution in [2.75, 3.05) is 25.0 Å². The van der Waals surface area contributed by atoms with Gasteiger partial charge in [-0.1, -0.05) is 19.9 Å². The van der Waals surface area contributed by atoms with E-state index in [0.29, 0.717) is 0 Å². The summed E-state index contributed by atoms with van der Waals surface area (Å²) in [6.45, 7) is 8.83. The van der Waals surface area contributed by atoms with Crippen LogP contribution in [0.2, 0.25) is 0 Å². The molecular formula is C15H25N3. The normalized spacial score (nSPS) is 15.1. The molecule has 3 nitrogen and oxygen atoms in total. The SMILES string of the molecule is CCCNc1ccc(CN(CC)CC2CC2)cn1. The summed E-state index contributed by atoms with van der Waals surface area (Å²) >= 11 is 0. The lowest BCUT2D eigenvalue weighted by molar-refractivity contribution is 0.268. The highest BCUT2D eigenvalue weighted by molar-refractivity contribution is 5.35. The van der Waals surface area contributed by atoms with Crippen LogP contribution in [0.3, 0.4) is 0 Å². The van der Waals surface area contributed by atoms with E-state index < -0.39 is 0 Å². The minimum Gasteiger partial charge on any atom is -0.370 e. The number of anilines is 1. The number of pyridine rings is 1. The molecule has 0 amide bonds. The molecule has 0 atom stereocenters. The van der Waals surface area contributed by atoms with Gasteiger partial charge < -0.3 is 5.32 Å². The monoisotopic (exact) mass is 247 g/mol. The second-order valence-electron chi connectivity index (χ2n) is 5.25. The van der Waals surface area contributed by atoms with Crippen molar-refractivity contribution in [3.63, 3.8) is 0 Å². The number of rotatable bonds is 8. The van der Waals surface area contributed by atoms with Gasteiger partial charge in [0.05, 0.1) is 0 Å². The van der Waals surface area contributed by atoms with Crippen molar-refractivity contribution in [2.45, 2.75) is 39.7 Å². The summed E-state index contributed by atoms with van der Waals surface area (Å²) in [7, 11) is 0. The van der Waals surface area contributed by atoms with Gasteiger partial charge in [-0.2, -0.15) is 0 Å². The van der Waals surface area contributed by atoms with E-state index in [2.05, 4.69) is 41.2 Å². The maximum Gasteiger partial charge on any atom is 0.125 e. The molecule has 1 fully saturated rings. The fourth-order valence-electron chi connectivity index (χ4n) is 2.10. The van der Waals surface area contributed by atoms with Crippen LogP contribution >= 0.6 is 0 Å². The van der Waals surface area contributed by atoms with Gasteiger partial charge in [0.25, 0.3) is 0 Å². The Balaban J connectivity index is 1.83. The van der Waals surface area contributed by atoms with E-state index in [1.54, 1.807) is 0 Å². The second kappa shape index (κ2) is 6.74. The molecule has 2 rings (SSSR count). The van der Waals surface area contributed by atoms with E-state index in [0.717, 1.165) is 37.8 Å². The van der Waals surface area contributed by atoms with Crippen LogP contribution in [-0.2, 0) is 6.54 Å². The predicted octanol–water partition coefficient (Wildman–Crippen LogP) is 3.14.